The molecule has 3 aromatic rings. The zero-order valence-electron chi connectivity index (χ0n) is 21.1. The number of halogens is 2. The van der Waals surface area contributed by atoms with Crippen molar-refractivity contribution in [3.05, 3.63) is 98.3 Å². The van der Waals surface area contributed by atoms with Crippen molar-refractivity contribution in [1.29, 1.82) is 0 Å². The Kier molecular flexibility index (Phi) is 9.47. The molecule has 1 atom stereocenters. The molecule has 0 unspecified atom stereocenters. The summed E-state index contributed by atoms with van der Waals surface area (Å²) in [5, 5.41) is 0. The number of nitrogens with zero attached hydrogens (tertiary/aromatic N) is 2. The summed E-state index contributed by atoms with van der Waals surface area (Å²) in [6.07, 6.45) is 3.55. The Morgan fingerprint density at radius 3 is 2.42 bits per heavy atom. The molecule has 198 valence electrons. The first-order valence-electron chi connectivity index (χ1n) is 11.9. The predicted octanol–water partition coefficient (Wildman–Crippen LogP) is 4.97. The van der Waals surface area contributed by atoms with Crippen LogP contribution in [0.1, 0.15) is 37.9 Å². The number of carbonyl (C=O) groups is 1. The standard InChI is InChI=1S/C28H26I2N2O5S/c1-5-12-37-25-20(29)13-17(14-21(25)30)15-22-26(33)32-24(18-8-10-19(11-9-18)35-6-2)23(27(34)36-7-3)16(4)31-28(32)38-22/h5,8-11,13-15,24H,1,6-7,12H2,2-4H3/b22-15-/t24-/m1/s1. The highest BCUT2D eigenvalue weighted by molar-refractivity contribution is 14.1. The molecule has 0 radical (unpaired) electrons. The second-order valence-corrected chi connectivity index (χ2v) is 11.6. The third-order valence-electron chi connectivity index (χ3n) is 5.69. The molecule has 1 aliphatic rings. The summed E-state index contributed by atoms with van der Waals surface area (Å²) in [6.45, 7) is 10.3. The molecule has 0 amide bonds. The van der Waals surface area contributed by atoms with Crippen LogP contribution in [-0.4, -0.2) is 30.4 Å². The van der Waals surface area contributed by atoms with Crippen molar-refractivity contribution in [2.45, 2.75) is 26.8 Å². The lowest BCUT2D eigenvalue weighted by Gasteiger charge is -2.24. The molecule has 0 spiro atoms. The van der Waals surface area contributed by atoms with Gasteiger partial charge in [0.15, 0.2) is 4.80 Å². The van der Waals surface area contributed by atoms with Gasteiger partial charge in [-0.25, -0.2) is 9.79 Å². The van der Waals surface area contributed by atoms with E-state index >= 15 is 0 Å². The Bertz CT molecular complexity index is 1570. The highest BCUT2D eigenvalue weighted by Crippen LogP contribution is 2.32. The first kappa shape index (κ1) is 28.6. The average molecular weight is 756 g/mol. The van der Waals surface area contributed by atoms with Crippen LogP contribution < -0.4 is 24.4 Å². The van der Waals surface area contributed by atoms with E-state index in [-0.39, 0.29) is 12.2 Å². The van der Waals surface area contributed by atoms with E-state index < -0.39 is 12.0 Å². The molecule has 1 aromatic heterocycles. The van der Waals surface area contributed by atoms with Gasteiger partial charge in [-0.3, -0.25) is 9.36 Å². The second-order valence-electron chi connectivity index (χ2n) is 8.22. The van der Waals surface area contributed by atoms with E-state index in [0.29, 0.717) is 39.6 Å². The van der Waals surface area contributed by atoms with E-state index in [2.05, 4.69) is 56.8 Å². The maximum absolute atomic E-state index is 13.8. The largest absolute Gasteiger partial charge is 0.494 e. The van der Waals surface area contributed by atoms with Crippen molar-refractivity contribution in [2.75, 3.05) is 19.8 Å². The summed E-state index contributed by atoms with van der Waals surface area (Å²) >= 11 is 5.75. The van der Waals surface area contributed by atoms with Crippen LogP contribution in [0.3, 0.4) is 0 Å². The molecule has 0 saturated heterocycles. The van der Waals surface area contributed by atoms with Gasteiger partial charge in [-0.05, 0) is 107 Å². The minimum absolute atomic E-state index is 0.222. The van der Waals surface area contributed by atoms with Gasteiger partial charge < -0.3 is 14.2 Å². The van der Waals surface area contributed by atoms with E-state index in [9.17, 15) is 9.59 Å². The lowest BCUT2D eigenvalue weighted by atomic mass is 9.96. The molecule has 0 aliphatic carbocycles. The van der Waals surface area contributed by atoms with Gasteiger partial charge in [0.1, 0.15) is 18.1 Å². The van der Waals surface area contributed by atoms with Crippen LogP contribution in [0.2, 0.25) is 0 Å². The first-order valence-corrected chi connectivity index (χ1v) is 14.9. The SMILES string of the molecule is C=CCOc1c(I)cc(/C=c2\sc3n(c2=O)[C@H](c2ccc(OCC)cc2)C(C(=O)OCC)=C(C)N=3)cc1I. The Labute approximate surface area is 251 Å². The molecule has 7 nitrogen and oxygen atoms in total. The van der Waals surface area contributed by atoms with Crippen LogP contribution >= 0.6 is 56.5 Å². The van der Waals surface area contributed by atoms with E-state index in [1.165, 1.54) is 11.3 Å². The summed E-state index contributed by atoms with van der Waals surface area (Å²) in [7, 11) is 0. The van der Waals surface area contributed by atoms with Gasteiger partial charge in [0, 0.05) is 0 Å². The monoisotopic (exact) mass is 756 g/mol. The third kappa shape index (κ3) is 5.91. The number of esters is 1. The normalized spacial score (nSPS) is 15.1. The van der Waals surface area contributed by atoms with E-state index in [4.69, 9.17) is 14.2 Å². The summed E-state index contributed by atoms with van der Waals surface area (Å²) in [5.74, 6) is 1.02. The lowest BCUT2D eigenvalue weighted by Crippen LogP contribution is -2.39. The highest BCUT2D eigenvalue weighted by atomic mass is 127. The predicted molar refractivity (Wildman–Crippen MR) is 166 cm³/mol. The summed E-state index contributed by atoms with van der Waals surface area (Å²) in [4.78, 5) is 32.1. The van der Waals surface area contributed by atoms with Gasteiger partial charge in [0.2, 0.25) is 0 Å². The van der Waals surface area contributed by atoms with Crippen molar-refractivity contribution in [3.63, 3.8) is 0 Å². The summed E-state index contributed by atoms with van der Waals surface area (Å²) in [6, 6.07) is 10.7. The van der Waals surface area contributed by atoms with Crippen LogP contribution in [0, 0.1) is 7.14 Å². The van der Waals surface area contributed by atoms with Gasteiger partial charge >= 0.3 is 5.97 Å². The van der Waals surface area contributed by atoms with Gasteiger partial charge in [0.05, 0.1) is 42.2 Å². The van der Waals surface area contributed by atoms with Gasteiger partial charge in [0.25, 0.3) is 5.56 Å². The topological polar surface area (TPSA) is 79.1 Å². The van der Waals surface area contributed by atoms with Crippen molar-refractivity contribution in [2.24, 2.45) is 4.99 Å². The molecule has 0 fully saturated rings. The second kappa shape index (κ2) is 12.6. The number of rotatable bonds is 9. The Morgan fingerprint density at radius 1 is 1.13 bits per heavy atom. The number of thiazole rings is 1. The smallest absolute Gasteiger partial charge is 0.338 e. The first-order chi connectivity index (χ1) is 18.3. The molecular formula is C28H26I2N2O5S. The van der Waals surface area contributed by atoms with E-state index in [0.717, 1.165) is 24.0 Å². The number of hydrogen-bond acceptors (Lipinski definition) is 7. The van der Waals surface area contributed by atoms with Crippen LogP contribution in [-0.2, 0) is 9.53 Å². The quantitative estimate of drug-likeness (QED) is 0.175. The van der Waals surface area contributed by atoms with Crippen molar-refractivity contribution >= 4 is 68.6 Å². The number of allylic oxidation sites excluding steroid dienone is 1. The lowest BCUT2D eigenvalue weighted by molar-refractivity contribution is -0.139. The van der Waals surface area contributed by atoms with Crippen LogP contribution in [0.25, 0.3) is 6.08 Å². The zero-order chi connectivity index (χ0) is 27.4. The molecule has 2 aromatic carbocycles. The number of carbonyl (C=O) groups excluding carboxylic acids is 1. The van der Waals surface area contributed by atoms with Crippen LogP contribution in [0.5, 0.6) is 11.5 Å². The van der Waals surface area contributed by atoms with Crippen molar-refractivity contribution in [1.82, 2.24) is 4.57 Å². The number of ether oxygens (including phenoxy) is 3. The Balaban J connectivity index is 1.87. The summed E-state index contributed by atoms with van der Waals surface area (Å²) < 4.78 is 20.7. The van der Waals surface area contributed by atoms with Gasteiger partial charge in [-0.2, -0.15) is 0 Å². The van der Waals surface area contributed by atoms with E-state index in [1.54, 1.807) is 24.5 Å². The molecular weight excluding hydrogens is 730 g/mol. The molecule has 0 bridgehead atoms. The maximum atomic E-state index is 13.8. The van der Waals surface area contributed by atoms with Crippen molar-refractivity contribution in [3.8, 4) is 11.5 Å². The number of hydrogen-bond donors (Lipinski definition) is 0. The number of benzene rings is 2. The highest BCUT2D eigenvalue weighted by Gasteiger charge is 2.33. The molecule has 2 heterocycles. The molecule has 10 heteroatoms. The average Bonchev–Trinajstić information content (AvgIpc) is 3.17. The van der Waals surface area contributed by atoms with E-state index in [1.807, 2.05) is 49.4 Å². The summed E-state index contributed by atoms with van der Waals surface area (Å²) in [5.41, 5.74) is 2.30. The molecule has 4 rings (SSSR count). The van der Waals surface area contributed by atoms with Crippen molar-refractivity contribution < 1.29 is 19.0 Å². The fourth-order valence-corrected chi connectivity index (χ4v) is 7.29. The zero-order valence-corrected chi connectivity index (χ0v) is 26.3. The van der Waals surface area contributed by atoms with Gasteiger partial charge in [-0.1, -0.05) is 36.1 Å². The fourth-order valence-electron chi connectivity index (χ4n) is 4.11. The molecule has 38 heavy (non-hydrogen) atoms. The number of aromatic nitrogens is 1. The van der Waals surface area contributed by atoms with Crippen LogP contribution in [0.15, 0.2) is 70.1 Å². The fraction of sp³-hybridized carbons (Fsp3) is 0.250. The Morgan fingerprint density at radius 2 is 1.82 bits per heavy atom. The number of fused-ring (bicyclic) bond motifs is 1. The minimum Gasteiger partial charge on any atom is -0.494 e. The Hall–Kier alpha value is -2.45. The minimum atomic E-state index is -0.668. The van der Waals surface area contributed by atoms with Gasteiger partial charge in [-0.15, -0.1) is 0 Å². The maximum Gasteiger partial charge on any atom is 0.338 e. The van der Waals surface area contributed by atoms with Crippen LogP contribution in [0.4, 0.5) is 0 Å². The molecule has 0 saturated carbocycles. The molecule has 0 N–H and O–H groups in total. The third-order valence-corrected chi connectivity index (χ3v) is 8.27. The molecule has 1 aliphatic heterocycles.